The zero-order valence-electron chi connectivity index (χ0n) is 14.5. The van der Waals surface area contributed by atoms with Gasteiger partial charge in [0.25, 0.3) is 5.91 Å². The van der Waals surface area contributed by atoms with Gasteiger partial charge in [0.1, 0.15) is 12.7 Å². The molecule has 1 unspecified atom stereocenters. The summed E-state index contributed by atoms with van der Waals surface area (Å²) < 4.78 is 6.83. The molecule has 0 bridgehead atoms. The molecule has 3 rings (SSSR count). The fourth-order valence-corrected chi connectivity index (χ4v) is 2.54. The van der Waals surface area contributed by atoms with Crippen molar-refractivity contribution >= 4 is 5.91 Å². The summed E-state index contributed by atoms with van der Waals surface area (Å²) in [5.74, 6) is 0.431. The van der Waals surface area contributed by atoms with Crippen molar-refractivity contribution in [3.05, 3.63) is 60.0 Å². The number of hydrogen-bond donors (Lipinski definition) is 1. The van der Waals surface area contributed by atoms with Crippen LogP contribution in [0, 0.1) is 5.92 Å². The lowest BCUT2D eigenvalue weighted by Crippen LogP contribution is -2.26. The minimum absolute atomic E-state index is 0.157. The SMILES string of the molecule is CC(C)Cc1cc(C(=O)NC(C)c2ccc(-n3cncn3)cc2)on1. The van der Waals surface area contributed by atoms with Crippen LogP contribution in [0.15, 0.2) is 47.5 Å². The molecule has 2 aromatic heterocycles. The van der Waals surface area contributed by atoms with Gasteiger partial charge >= 0.3 is 0 Å². The van der Waals surface area contributed by atoms with Gasteiger partial charge in [0.15, 0.2) is 0 Å². The van der Waals surface area contributed by atoms with Gasteiger partial charge in [-0.2, -0.15) is 5.10 Å². The van der Waals surface area contributed by atoms with Crippen molar-refractivity contribution in [1.82, 2.24) is 25.2 Å². The number of hydrogen-bond acceptors (Lipinski definition) is 5. The third-order valence-corrected chi connectivity index (χ3v) is 3.82. The summed E-state index contributed by atoms with van der Waals surface area (Å²) in [5.41, 5.74) is 2.69. The number of carbonyl (C=O) groups excluding carboxylic acids is 1. The van der Waals surface area contributed by atoms with E-state index in [0.717, 1.165) is 23.4 Å². The highest BCUT2D eigenvalue weighted by Gasteiger charge is 2.17. The standard InChI is InChI=1S/C18H21N5O2/c1-12(2)8-15-9-17(25-22-15)18(24)21-13(3)14-4-6-16(7-5-14)23-11-19-10-20-23/h4-7,9-13H,8H2,1-3H3,(H,21,24). The molecular weight excluding hydrogens is 318 g/mol. The van der Waals surface area contributed by atoms with Crippen LogP contribution >= 0.6 is 0 Å². The third-order valence-electron chi connectivity index (χ3n) is 3.82. The lowest BCUT2D eigenvalue weighted by atomic mass is 10.1. The van der Waals surface area contributed by atoms with Gasteiger partial charge in [-0.25, -0.2) is 9.67 Å². The first-order chi connectivity index (χ1) is 12.0. The van der Waals surface area contributed by atoms with E-state index >= 15 is 0 Å². The van der Waals surface area contributed by atoms with Gasteiger partial charge in [-0.3, -0.25) is 4.79 Å². The molecular formula is C18H21N5O2. The zero-order valence-corrected chi connectivity index (χ0v) is 14.5. The van der Waals surface area contributed by atoms with E-state index in [0.29, 0.717) is 5.92 Å². The number of benzene rings is 1. The summed E-state index contributed by atoms with van der Waals surface area (Å²) in [6.45, 7) is 6.12. The predicted octanol–water partition coefficient (Wildman–Crippen LogP) is 2.94. The van der Waals surface area contributed by atoms with E-state index in [9.17, 15) is 4.79 Å². The van der Waals surface area contributed by atoms with Crippen molar-refractivity contribution in [2.24, 2.45) is 5.92 Å². The Bertz CT molecular complexity index is 822. The molecule has 3 aromatic rings. The Balaban J connectivity index is 1.64. The number of nitrogens with one attached hydrogen (secondary N) is 1. The average molecular weight is 339 g/mol. The Hall–Kier alpha value is -2.96. The highest BCUT2D eigenvalue weighted by molar-refractivity contribution is 5.91. The minimum atomic E-state index is -0.268. The molecule has 0 aliphatic rings. The number of carbonyl (C=O) groups is 1. The summed E-state index contributed by atoms with van der Waals surface area (Å²) >= 11 is 0. The Morgan fingerprint density at radius 3 is 2.64 bits per heavy atom. The summed E-state index contributed by atoms with van der Waals surface area (Å²) in [4.78, 5) is 16.2. The normalized spacial score (nSPS) is 12.3. The van der Waals surface area contributed by atoms with E-state index in [1.807, 2.05) is 31.2 Å². The summed E-state index contributed by atoms with van der Waals surface area (Å²) in [6, 6.07) is 9.31. The fraction of sp³-hybridized carbons (Fsp3) is 0.333. The van der Waals surface area contributed by atoms with Gasteiger partial charge in [0.05, 0.1) is 17.4 Å². The maximum Gasteiger partial charge on any atom is 0.290 e. The molecule has 0 saturated heterocycles. The van der Waals surface area contributed by atoms with Gasteiger partial charge < -0.3 is 9.84 Å². The topological polar surface area (TPSA) is 85.8 Å². The molecule has 130 valence electrons. The van der Waals surface area contributed by atoms with Gasteiger partial charge in [0, 0.05) is 6.07 Å². The zero-order chi connectivity index (χ0) is 17.8. The molecule has 25 heavy (non-hydrogen) atoms. The summed E-state index contributed by atoms with van der Waals surface area (Å²) in [6.07, 6.45) is 3.91. The van der Waals surface area contributed by atoms with Crippen molar-refractivity contribution in [2.45, 2.75) is 33.2 Å². The summed E-state index contributed by atoms with van der Waals surface area (Å²) in [5, 5.41) is 11.0. The molecule has 7 nitrogen and oxygen atoms in total. The van der Waals surface area contributed by atoms with Gasteiger partial charge in [-0.05, 0) is 37.0 Å². The number of nitrogens with zero attached hydrogens (tertiary/aromatic N) is 4. The van der Waals surface area contributed by atoms with Crippen LogP contribution in [-0.2, 0) is 6.42 Å². The molecule has 0 radical (unpaired) electrons. The highest BCUT2D eigenvalue weighted by Crippen LogP contribution is 2.16. The van der Waals surface area contributed by atoms with E-state index in [1.54, 1.807) is 17.1 Å². The molecule has 0 fully saturated rings. The molecule has 1 aromatic carbocycles. The third kappa shape index (κ3) is 4.12. The predicted molar refractivity (Wildman–Crippen MR) is 92.3 cm³/mol. The second-order valence-electron chi connectivity index (χ2n) is 6.41. The van der Waals surface area contributed by atoms with Gasteiger partial charge in [-0.1, -0.05) is 31.1 Å². The van der Waals surface area contributed by atoms with Crippen LogP contribution in [0.3, 0.4) is 0 Å². The first-order valence-corrected chi connectivity index (χ1v) is 8.24. The molecule has 0 saturated carbocycles. The van der Waals surface area contributed by atoms with Crippen LogP contribution in [0.1, 0.15) is 48.6 Å². The van der Waals surface area contributed by atoms with E-state index in [2.05, 4.69) is 34.4 Å². The number of amides is 1. The van der Waals surface area contributed by atoms with Crippen LogP contribution in [0.25, 0.3) is 5.69 Å². The minimum Gasteiger partial charge on any atom is -0.351 e. The van der Waals surface area contributed by atoms with E-state index in [1.165, 1.54) is 6.33 Å². The molecule has 1 amide bonds. The second-order valence-corrected chi connectivity index (χ2v) is 6.41. The quantitative estimate of drug-likeness (QED) is 0.746. The molecule has 0 spiro atoms. The van der Waals surface area contributed by atoms with Gasteiger partial charge in [-0.15, -0.1) is 0 Å². The van der Waals surface area contributed by atoms with Crippen LogP contribution in [0.4, 0.5) is 0 Å². The molecule has 1 atom stereocenters. The first kappa shape index (κ1) is 16.9. The van der Waals surface area contributed by atoms with E-state index in [4.69, 9.17) is 4.52 Å². The Morgan fingerprint density at radius 1 is 1.24 bits per heavy atom. The molecule has 7 heteroatoms. The largest absolute Gasteiger partial charge is 0.351 e. The van der Waals surface area contributed by atoms with E-state index < -0.39 is 0 Å². The number of aromatic nitrogens is 4. The molecule has 2 heterocycles. The van der Waals surface area contributed by atoms with Crippen molar-refractivity contribution in [2.75, 3.05) is 0 Å². The fourth-order valence-electron chi connectivity index (χ4n) is 2.54. The lowest BCUT2D eigenvalue weighted by molar-refractivity contribution is 0.0902. The Labute approximate surface area is 146 Å². The molecule has 0 aliphatic heterocycles. The highest BCUT2D eigenvalue weighted by atomic mass is 16.5. The smallest absolute Gasteiger partial charge is 0.290 e. The number of rotatable bonds is 6. The van der Waals surface area contributed by atoms with Crippen LogP contribution in [0.2, 0.25) is 0 Å². The second kappa shape index (κ2) is 7.29. The van der Waals surface area contributed by atoms with Crippen molar-refractivity contribution in [3.63, 3.8) is 0 Å². The first-order valence-electron chi connectivity index (χ1n) is 8.24. The maximum absolute atomic E-state index is 12.3. The van der Waals surface area contributed by atoms with Crippen molar-refractivity contribution < 1.29 is 9.32 Å². The van der Waals surface area contributed by atoms with Crippen LogP contribution in [-0.4, -0.2) is 25.8 Å². The average Bonchev–Trinajstić information content (AvgIpc) is 3.26. The monoisotopic (exact) mass is 339 g/mol. The van der Waals surface area contributed by atoms with Crippen LogP contribution in [0.5, 0.6) is 0 Å². The van der Waals surface area contributed by atoms with Crippen molar-refractivity contribution in [1.29, 1.82) is 0 Å². The van der Waals surface area contributed by atoms with Crippen molar-refractivity contribution in [3.8, 4) is 5.69 Å². The Morgan fingerprint density at radius 2 is 2.00 bits per heavy atom. The molecule has 1 N–H and O–H groups in total. The van der Waals surface area contributed by atoms with Crippen LogP contribution < -0.4 is 5.32 Å². The van der Waals surface area contributed by atoms with Gasteiger partial charge in [0.2, 0.25) is 5.76 Å². The molecule has 0 aliphatic carbocycles. The Kier molecular flexibility index (Phi) is 4.92. The van der Waals surface area contributed by atoms with E-state index in [-0.39, 0.29) is 17.7 Å². The maximum atomic E-state index is 12.3. The lowest BCUT2D eigenvalue weighted by Gasteiger charge is -2.13. The summed E-state index contributed by atoms with van der Waals surface area (Å²) in [7, 11) is 0.